The van der Waals surface area contributed by atoms with Gasteiger partial charge in [0, 0.05) is 13.0 Å². The maximum Gasteiger partial charge on any atom is 0.303 e. The lowest BCUT2D eigenvalue weighted by Gasteiger charge is -2.13. The topological polar surface area (TPSA) is 94.1 Å². The van der Waals surface area contributed by atoms with E-state index in [0.29, 0.717) is 24.7 Å². The minimum atomic E-state index is -0.996. The molecular weight excluding hydrogens is 362 g/mol. The summed E-state index contributed by atoms with van der Waals surface area (Å²) in [6.07, 6.45) is -0.235. The molecule has 2 rings (SSSR count). The van der Waals surface area contributed by atoms with Gasteiger partial charge in [-0.25, -0.2) is 0 Å². The van der Waals surface area contributed by atoms with Gasteiger partial charge in [0.1, 0.15) is 19.0 Å². The molecule has 0 aromatic heterocycles. The summed E-state index contributed by atoms with van der Waals surface area (Å²) in [6.45, 7) is 3.05. The fourth-order valence-electron chi connectivity index (χ4n) is 2.40. The van der Waals surface area contributed by atoms with Crippen molar-refractivity contribution < 1.29 is 28.9 Å². The molecule has 0 saturated heterocycles. The first-order valence-corrected chi connectivity index (χ1v) is 8.95. The molecule has 0 saturated carbocycles. The summed E-state index contributed by atoms with van der Waals surface area (Å²) in [7, 11) is 1.54. The Kier molecular flexibility index (Phi) is 8.14. The molecule has 0 spiro atoms. The Morgan fingerprint density at radius 2 is 1.68 bits per heavy atom. The zero-order valence-corrected chi connectivity index (χ0v) is 16.1. The highest BCUT2D eigenvalue weighted by atomic mass is 16.5. The fraction of sp³-hybridized carbons (Fsp3) is 0.333. The number of carboxylic acid groups (broad SMARTS) is 1. The van der Waals surface area contributed by atoms with Crippen LogP contribution in [0.3, 0.4) is 0 Å². The van der Waals surface area contributed by atoms with E-state index < -0.39 is 5.97 Å². The van der Waals surface area contributed by atoms with Crippen molar-refractivity contribution in [2.75, 3.05) is 20.3 Å². The molecule has 0 heterocycles. The van der Waals surface area contributed by atoms with Gasteiger partial charge in [-0.1, -0.05) is 23.8 Å². The number of hydrogen-bond donors (Lipinski definition) is 2. The largest absolute Gasteiger partial charge is 0.493 e. The molecule has 0 atom stereocenters. The second kappa shape index (κ2) is 10.8. The smallest absolute Gasteiger partial charge is 0.303 e. The molecule has 2 N–H and O–H groups in total. The van der Waals surface area contributed by atoms with Crippen molar-refractivity contribution >= 4 is 11.9 Å². The van der Waals surface area contributed by atoms with Gasteiger partial charge in [-0.3, -0.25) is 9.59 Å². The highest BCUT2D eigenvalue weighted by Gasteiger charge is 2.08. The molecule has 7 nitrogen and oxygen atoms in total. The Labute approximate surface area is 164 Å². The lowest BCUT2D eigenvalue weighted by molar-refractivity contribution is -0.138. The van der Waals surface area contributed by atoms with E-state index >= 15 is 0 Å². The summed E-state index contributed by atoms with van der Waals surface area (Å²) in [5.74, 6) is 0.610. The number of benzene rings is 2. The monoisotopic (exact) mass is 387 g/mol. The predicted molar refractivity (Wildman–Crippen MR) is 104 cm³/mol. The van der Waals surface area contributed by atoms with Crippen LogP contribution in [0.4, 0.5) is 0 Å². The van der Waals surface area contributed by atoms with Crippen LogP contribution in [0.5, 0.6) is 17.2 Å². The lowest BCUT2D eigenvalue weighted by Crippen LogP contribution is -2.23. The Hall–Kier alpha value is -3.22. The van der Waals surface area contributed by atoms with Crippen LogP contribution in [0.1, 0.15) is 24.0 Å². The molecule has 0 aliphatic heterocycles. The molecule has 0 fully saturated rings. The summed E-state index contributed by atoms with van der Waals surface area (Å²) < 4.78 is 16.7. The molecule has 150 valence electrons. The molecule has 0 bridgehead atoms. The van der Waals surface area contributed by atoms with E-state index in [2.05, 4.69) is 5.32 Å². The molecule has 0 aliphatic carbocycles. The maximum absolute atomic E-state index is 11.6. The Morgan fingerprint density at radius 1 is 0.964 bits per heavy atom. The third kappa shape index (κ3) is 7.19. The van der Waals surface area contributed by atoms with Gasteiger partial charge in [0.05, 0.1) is 13.5 Å². The molecule has 0 unspecified atom stereocenters. The molecule has 1 amide bonds. The zero-order valence-electron chi connectivity index (χ0n) is 16.1. The summed E-state index contributed by atoms with van der Waals surface area (Å²) in [6, 6.07) is 13.1. The first-order chi connectivity index (χ1) is 13.5. The van der Waals surface area contributed by atoms with E-state index in [9.17, 15) is 9.59 Å². The molecular formula is C21H25NO6. The van der Waals surface area contributed by atoms with Gasteiger partial charge >= 0.3 is 5.97 Å². The van der Waals surface area contributed by atoms with Crippen molar-refractivity contribution in [1.82, 2.24) is 5.32 Å². The van der Waals surface area contributed by atoms with Crippen LogP contribution in [-0.4, -0.2) is 37.3 Å². The average Bonchev–Trinajstić information content (AvgIpc) is 2.69. The SMILES string of the molecule is COc1cc(CNC(=O)CCC(=O)O)ccc1OCCOc1ccc(C)cc1. The van der Waals surface area contributed by atoms with Crippen LogP contribution in [0, 0.1) is 6.92 Å². The number of methoxy groups -OCH3 is 1. The number of ether oxygens (including phenoxy) is 3. The number of rotatable bonds is 11. The van der Waals surface area contributed by atoms with Gasteiger partial charge in [-0.2, -0.15) is 0 Å². The third-order valence-corrected chi connectivity index (χ3v) is 3.91. The number of aliphatic carboxylic acids is 1. The second-order valence-corrected chi connectivity index (χ2v) is 6.17. The number of carbonyl (C=O) groups excluding carboxylic acids is 1. The van der Waals surface area contributed by atoms with Crippen LogP contribution < -0.4 is 19.5 Å². The number of amides is 1. The lowest BCUT2D eigenvalue weighted by atomic mass is 10.2. The summed E-state index contributed by atoms with van der Waals surface area (Å²) in [5.41, 5.74) is 2.00. The molecule has 28 heavy (non-hydrogen) atoms. The highest BCUT2D eigenvalue weighted by Crippen LogP contribution is 2.28. The van der Waals surface area contributed by atoms with Gasteiger partial charge < -0.3 is 24.6 Å². The van der Waals surface area contributed by atoms with Crippen LogP contribution in [0.2, 0.25) is 0 Å². The van der Waals surface area contributed by atoms with Crippen LogP contribution in [0.15, 0.2) is 42.5 Å². The average molecular weight is 387 g/mol. The minimum absolute atomic E-state index is 0.0470. The van der Waals surface area contributed by atoms with E-state index in [1.807, 2.05) is 37.3 Å². The van der Waals surface area contributed by atoms with Crippen LogP contribution >= 0.6 is 0 Å². The predicted octanol–water partition coefficient (Wildman–Crippen LogP) is 2.94. The van der Waals surface area contributed by atoms with Crippen LogP contribution in [0.25, 0.3) is 0 Å². The molecule has 2 aromatic carbocycles. The Morgan fingerprint density at radius 3 is 2.36 bits per heavy atom. The van der Waals surface area contributed by atoms with Crippen molar-refractivity contribution in [2.45, 2.75) is 26.3 Å². The van der Waals surface area contributed by atoms with Gasteiger partial charge in [-0.05, 0) is 36.8 Å². The summed E-state index contributed by atoms with van der Waals surface area (Å²) in [4.78, 5) is 22.1. The molecule has 0 radical (unpaired) electrons. The quantitative estimate of drug-likeness (QED) is 0.576. The second-order valence-electron chi connectivity index (χ2n) is 6.17. The van der Waals surface area contributed by atoms with E-state index in [-0.39, 0.29) is 25.3 Å². The first kappa shape index (κ1) is 21.1. The molecule has 7 heteroatoms. The number of nitrogens with one attached hydrogen (secondary N) is 1. The van der Waals surface area contributed by atoms with Crippen molar-refractivity contribution in [2.24, 2.45) is 0 Å². The standard InChI is InChI=1S/C21H25NO6/c1-15-3-6-17(7-4-15)27-11-12-28-18-8-5-16(13-19(18)26-2)14-22-20(23)9-10-21(24)25/h3-8,13H,9-12,14H2,1-2H3,(H,22,23)(H,24,25). The van der Waals surface area contributed by atoms with Gasteiger partial charge in [0.2, 0.25) is 5.91 Å². The maximum atomic E-state index is 11.6. The van der Waals surface area contributed by atoms with Crippen LogP contribution in [-0.2, 0) is 16.1 Å². The fourth-order valence-corrected chi connectivity index (χ4v) is 2.40. The van der Waals surface area contributed by atoms with E-state index in [1.54, 1.807) is 19.2 Å². The molecule has 0 aliphatic rings. The number of aryl methyl sites for hydroxylation is 1. The van der Waals surface area contributed by atoms with Gasteiger partial charge in [0.25, 0.3) is 0 Å². The first-order valence-electron chi connectivity index (χ1n) is 8.95. The van der Waals surface area contributed by atoms with Crippen molar-refractivity contribution in [3.8, 4) is 17.2 Å². The number of hydrogen-bond acceptors (Lipinski definition) is 5. The third-order valence-electron chi connectivity index (χ3n) is 3.91. The number of carbonyl (C=O) groups is 2. The van der Waals surface area contributed by atoms with Gasteiger partial charge in [0.15, 0.2) is 11.5 Å². The minimum Gasteiger partial charge on any atom is -0.493 e. The molecule has 2 aromatic rings. The highest BCUT2D eigenvalue weighted by molar-refractivity contribution is 5.80. The van der Waals surface area contributed by atoms with E-state index in [1.165, 1.54) is 5.56 Å². The Balaban J connectivity index is 1.80. The van der Waals surface area contributed by atoms with Crippen molar-refractivity contribution in [3.05, 3.63) is 53.6 Å². The van der Waals surface area contributed by atoms with Crippen molar-refractivity contribution in [3.63, 3.8) is 0 Å². The van der Waals surface area contributed by atoms with E-state index in [4.69, 9.17) is 19.3 Å². The van der Waals surface area contributed by atoms with Gasteiger partial charge in [-0.15, -0.1) is 0 Å². The normalized spacial score (nSPS) is 10.2. The summed E-state index contributed by atoms with van der Waals surface area (Å²) >= 11 is 0. The zero-order chi connectivity index (χ0) is 20.4. The van der Waals surface area contributed by atoms with Crippen molar-refractivity contribution in [1.29, 1.82) is 0 Å². The van der Waals surface area contributed by atoms with E-state index in [0.717, 1.165) is 11.3 Å². The summed E-state index contributed by atoms with van der Waals surface area (Å²) in [5, 5.41) is 11.3. The Bertz CT molecular complexity index is 788. The number of carboxylic acids is 1.